The van der Waals surface area contributed by atoms with Crippen molar-refractivity contribution >= 4 is 46.4 Å². The molecule has 0 radical (unpaired) electrons. The number of thioether (sulfide) groups is 1. The number of methoxy groups -OCH3 is 2. The summed E-state index contributed by atoms with van der Waals surface area (Å²) < 4.78 is 10.7. The summed E-state index contributed by atoms with van der Waals surface area (Å²) in [5.74, 6) is 0.248. The Bertz CT molecular complexity index is 1180. The van der Waals surface area contributed by atoms with Crippen molar-refractivity contribution in [3.05, 3.63) is 88.3 Å². The van der Waals surface area contributed by atoms with Crippen molar-refractivity contribution in [1.29, 1.82) is 0 Å². The lowest BCUT2D eigenvalue weighted by Gasteiger charge is -2.15. The summed E-state index contributed by atoms with van der Waals surface area (Å²) in [6.45, 7) is 0. The van der Waals surface area contributed by atoms with Crippen LogP contribution < -0.4 is 14.4 Å². The Morgan fingerprint density at radius 3 is 2.13 bits per heavy atom. The number of imide groups is 1. The molecule has 7 heteroatoms. The van der Waals surface area contributed by atoms with Gasteiger partial charge in [-0.3, -0.25) is 9.59 Å². The van der Waals surface area contributed by atoms with Crippen LogP contribution in [-0.2, 0) is 9.59 Å². The number of carbonyl (C=O) groups is 2. The molecule has 1 aliphatic heterocycles. The van der Waals surface area contributed by atoms with Gasteiger partial charge < -0.3 is 9.47 Å². The normalized spacial score (nSPS) is 13.7. The van der Waals surface area contributed by atoms with E-state index in [0.29, 0.717) is 38.3 Å². The monoisotopic (exact) mass is 451 g/mol. The van der Waals surface area contributed by atoms with Crippen LogP contribution in [0.15, 0.2) is 82.6 Å². The minimum atomic E-state index is -0.389. The Morgan fingerprint density at radius 1 is 0.806 bits per heavy atom. The molecule has 0 saturated carbocycles. The van der Waals surface area contributed by atoms with Crippen molar-refractivity contribution in [2.24, 2.45) is 0 Å². The first-order valence-electron chi connectivity index (χ1n) is 9.37. The summed E-state index contributed by atoms with van der Waals surface area (Å²) in [7, 11) is 3.07. The Balaban J connectivity index is 1.84. The number of hydrogen-bond acceptors (Lipinski definition) is 5. The lowest BCUT2D eigenvalue weighted by molar-refractivity contribution is -0.119. The fourth-order valence-electron chi connectivity index (χ4n) is 3.28. The number of anilines is 1. The SMILES string of the molecule is COc1ccc(C2=C(Sc3ccc(Cl)cc3)C(=O)N(c3ccccc3)C2=O)cc1OC. The second-order valence-electron chi connectivity index (χ2n) is 6.61. The van der Waals surface area contributed by atoms with Crippen LogP contribution in [0.25, 0.3) is 5.57 Å². The minimum Gasteiger partial charge on any atom is -0.493 e. The summed E-state index contributed by atoms with van der Waals surface area (Å²) in [5.41, 5.74) is 1.41. The number of nitrogens with zero attached hydrogens (tertiary/aromatic N) is 1. The molecule has 0 bridgehead atoms. The predicted octanol–water partition coefficient (Wildman–Crippen LogP) is 5.43. The average Bonchev–Trinajstić information content (AvgIpc) is 3.04. The van der Waals surface area contributed by atoms with E-state index in [9.17, 15) is 9.59 Å². The summed E-state index contributed by atoms with van der Waals surface area (Å²) in [4.78, 5) is 29.2. The summed E-state index contributed by atoms with van der Waals surface area (Å²) in [6, 6.07) is 21.2. The number of rotatable bonds is 6. The molecule has 1 aliphatic rings. The number of carbonyl (C=O) groups excluding carboxylic acids is 2. The van der Waals surface area contributed by atoms with Gasteiger partial charge in [-0.25, -0.2) is 4.90 Å². The first kappa shape index (κ1) is 21.0. The third-order valence-corrected chi connectivity index (χ3v) is 6.10. The van der Waals surface area contributed by atoms with E-state index >= 15 is 0 Å². The van der Waals surface area contributed by atoms with E-state index in [2.05, 4.69) is 0 Å². The van der Waals surface area contributed by atoms with Crippen molar-refractivity contribution in [2.75, 3.05) is 19.1 Å². The third-order valence-electron chi connectivity index (χ3n) is 4.76. The van der Waals surface area contributed by atoms with Crippen molar-refractivity contribution < 1.29 is 19.1 Å². The van der Waals surface area contributed by atoms with Crippen LogP contribution in [0.3, 0.4) is 0 Å². The molecule has 0 unspecified atom stereocenters. The van der Waals surface area contributed by atoms with Gasteiger partial charge in [0.25, 0.3) is 11.8 Å². The molecular weight excluding hydrogens is 434 g/mol. The van der Waals surface area contributed by atoms with Crippen LogP contribution >= 0.6 is 23.4 Å². The molecule has 5 nitrogen and oxygen atoms in total. The van der Waals surface area contributed by atoms with Gasteiger partial charge in [0.1, 0.15) is 0 Å². The molecule has 2 amide bonds. The zero-order valence-electron chi connectivity index (χ0n) is 16.8. The standard InChI is InChI=1S/C24H18ClNO4S/c1-29-19-13-8-15(14-20(19)30-2)21-22(31-18-11-9-16(25)10-12-18)24(28)26(23(21)27)17-6-4-3-5-7-17/h3-14H,1-2H3. The molecule has 0 aliphatic carbocycles. The van der Waals surface area contributed by atoms with Gasteiger partial charge in [0.2, 0.25) is 0 Å². The number of benzene rings is 3. The van der Waals surface area contributed by atoms with E-state index in [0.717, 1.165) is 4.90 Å². The van der Waals surface area contributed by atoms with E-state index < -0.39 is 0 Å². The maximum Gasteiger partial charge on any atom is 0.272 e. The number of hydrogen-bond donors (Lipinski definition) is 0. The topological polar surface area (TPSA) is 55.8 Å². The molecule has 0 atom stereocenters. The maximum absolute atomic E-state index is 13.5. The largest absolute Gasteiger partial charge is 0.493 e. The van der Waals surface area contributed by atoms with E-state index in [4.69, 9.17) is 21.1 Å². The molecule has 1 heterocycles. The number of amides is 2. The Labute approximate surface area is 189 Å². The van der Waals surface area contributed by atoms with Crippen molar-refractivity contribution in [3.63, 3.8) is 0 Å². The fraction of sp³-hybridized carbons (Fsp3) is 0.0833. The Kier molecular flexibility index (Phi) is 6.02. The Morgan fingerprint density at radius 2 is 1.48 bits per heavy atom. The van der Waals surface area contributed by atoms with Gasteiger partial charge in [0, 0.05) is 9.92 Å². The summed E-state index contributed by atoms with van der Waals surface area (Å²) >= 11 is 7.23. The molecule has 4 rings (SSSR count). The molecule has 31 heavy (non-hydrogen) atoms. The molecule has 3 aromatic rings. The lowest BCUT2D eigenvalue weighted by Crippen LogP contribution is -2.31. The van der Waals surface area contributed by atoms with E-state index in [1.54, 1.807) is 61.7 Å². The molecule has 3 aromatic carbocycles. The highest BCUT2D eigenvalue weighted by Crippen LogP contribution is 2.43. The average molecular weight is 452 g/mol. The molecule has 156 valence electrons. The Hall–Kier alpha value is -3.22. The van der Waals surface area contributed by atoms with Gasteiger partial charge in [-0.15, -0.1) is 0 Å². The summed E-state index contributed by atoms with van der Waals surface area (Å²) in [6.07, 6.45) is 0. The van der Waals surface area contributed by atoms with Crippen molar-refractivity contribution in [2.45, 2.75) is 4.90 Å². The zero-order valence-corrected chi connectivity index (χ0v) is 18.4. The first-order chi connectivity index (χ1) is 15.0. The highest BCUT2D eigenvalue weighted by Gasteiger charge is 2.40. The molecule has 0 N–H and O–H groups in total. The number of ether oxygens (including phenoxy) is 2. The highest BCUT2D eigenvalue weighted by atomic mass is 35.5. The van der Waals surface area contributed by atoms with Gasteiger partial charge in [0.05, 0.1) is 30.4 Å². The van der Waals surface area contributed by atoms with Gasteiger partial charge in [-0.2, -0.15) is 0 Å². The van der Waals surface area contributed by atoms with Crippen LogP contribution in [0.5, 0.6) is 11.5 Å². The molecule has 0 spiro atoms. The summed E-state index contributed by atoms with van der Waals surface area (Å²) in [5, 5.41) is 0.596. The molecular formula is C24H18ClNO4S. The van der Waals surface area contributed by atoms with E-state index in [-0.39, 0.29) is 11.8 Å². The number of para-hydroxylation sites is 1. The second-order valence-corrected chi connectivity index (χ2v) is 8.13. The quantitative estimate of drug-likeness (QED) is 0.467. The van der Waals surface area contributed by atoms with Gasteiger partial charge in [-0.05, 0) is 54.1 Å². The smallest absolute Gasteiger partial charge is 0.272 e. The van der Waals surface area contributed by atoms with Crippen LogP contribution in [0, 0.1) is 0 Å². The van der Waals surface area contributed by atoms with Crippen LogP contribution in [0.2, 0.25) is 5.02 Å². The van der Waals surface area contributed by atoms with Gasteiger partial charge in [-0.1, -0.05) is 47.6 Å². The zero-order chi connectivity index (χ0) is 22.0. The number of halogens is 1. The third kappa shape index (κ3) is 4.04. The minimum absolute atomic E-state index is 0.315. The van der Waals surface area contributed by atoms with E-state index in [1.165, 1.54) is 23.8 Å². The van der Waals surface area contributed by atoms with Crippen molar-refractivity contribution in [3.8, 4) is 11.5 Å². The second kappa shape index (κ2) is 8.88. The lowest BCUT2D eigenvalue weighted by atomic mass is 10.1. The molecule has 0 fully saturated rings. The van der Waals surface area contributed by atoms with Crippen LogP contribution in [0.1, 0.15) is 5.56 Å². The fourth-order valence-corrected chi connectivity index (χ4v) is 4.40. The van der Waals surface area contributed by atoms with Crippen LogP contribution in [0.4, 0.5) is 5.69 Å². The van der Waals surface area contributed by atoms with Crippen LogP contribution in [-0.4, -0.2) is 26.0 Å². The van der Waals surface area contributed by atoms with Crippen molar-refractivity contribution in [1.82, 2.24) is 0 Å². The van der Waals surface area contributed by atoms with Gasteiger partial charge in [0.15, 0.2) is 11.5 Å². The maximum atomic E-state index is 13.5. The highest BCUT2D eigenvalue weighted by molar-refractivity contribution is 8.04. The van der Waals surface area contributed by atoms with Gasteiger partial charge >= 0.3 is 0 Å². The molecule has 0 saturated heterocycles. The first-order valence-corrected chi connectivity index (χ1v) is 10.6. The molecule has 0 aromatic heterocycles. The predicted molar refractivity (Wildman–Crippen MR) is 123 cm³/mol. The van der Waals surface area contributed by atoms with E-state index in [1.807, 2.05) is 18.2 Å².